The molecule has 88 valence electrons. The number of rotatable bonds is 2. The predicted molar refractivity (Wildman–Crippen MR) is 70.9 cm³/mol. The third-order valence-electron chi connectivity index (χ3n) is 1.96. The highest BCUT2D eigenvalue weighted by atomic mass is 79.9. The van der Waals surface area contributed by atoms with E-state index < -0.39 is 0 Å². The number of carbonyl (C=O) groups excluding carboxylic acids is 1. The molecule has 1 N–H and O–H groups in total. The van der Waals surface area contributed by atoms with Crippen LogP contribution < -0.4 is 5.32 Å². The average molecular weight is 305 g/mol. The van der Waals surface area contributed by atoms with Gasteiger partial charge in [0.15, 0.2) is 0 Å². The maximum absolute atomic E-state index is 11.8. The van der Waals surface area contributed by atoms with Gasteiger partial charge < -0.3 is 5.32 Å². The zero-order valence-corrected chi connectivity index (χ0v) is 11.9. The number of halogens is 2. The molecule has 0 spiro atoms. The lowest BCUT2D eigenvalue weighted by Gasteiger charge is -2.18. The molecule has 0 saturated carbocycles. The Kier molecular flexibility index (Phi) is 4.39. The molecule has 0 aromatic heterocycles. The van der Waals surface area contributed by atoms with Crippen LogP contribution in [0.5, 0.6) is 0 Å². The molecule has 0 unspecified atom stereocenters. The van der Waals surface area contributed by atoms with Gasteiger partial charge in [0.25, 0.3) is 5.91 Å². The predicted octanol–water partition coefficient (Wildman–Crippen LogP) is 3.88. The molecule has 0 atom stereocenters. The van der Waals surface area contributed by atoms with Crippen LogP contribution in [0, 0.1) is 5.41 Å². The molecule has 0 radical (unpaired) electrons. The quantitative estimate of drug-likeness (QED) is 0.882. The Bertz CT molecular complexity index is 398. The highest BCUT2D eigenvalue weighted by Gasteiger charge is 2.13. The highest BCUT2D eigenvalue weighted by molar-refractivity contribution is 9.10. The summed E-state index contributed by atoms with van der Waals surface area (Å²) in [6.45, 7) is 6.87. The molecule has 16 heavy (non-hydrogen) atoms. The van der Waals surface area contributed by atoms with Crippen molar-refractivity contribution in [2.75, 3.05) is 6.54 Å². The molecule has 0 aliphatic carbocycles. The van der Waals surface area contributed by atoms with Crippen LogP contribution in [0.15, 0.2) is 22.7 Å². The SMILES string of the molecule is CC(C)(C)CNC(=O)c1ccc(Cl)c(Br)c1. The van der Waals surface area contributed by atoms with E-state index in [-0.39, 0.29) is 11.3 Å². The lowest BCUT2D eigenvalue weighted by molar-refractivity contribution is 0.0939. The molecular formula is C12H15BrClNO. The van der Waals surface area contributed by atoms with Crippen LogP contribution in [0.25, 0.3) is 0 Å². The second kappa shape index (κ2) is 5.19. The molecule has 0 bridgehead atoms. The smallest absolute Gasteiger partial charge is 0.251 e. The van der Waals surface area contributed by atoms with Gasteiger partial charge >= 0.3 is 0 Å². The van der Waals surface area contributed by atoms with Gasteiger partial charge in [-0.2, -0.15) is 0 Å². The summed E-state index contributed by atoms with van der Waals surface area (Å²) in [5.41, 5.74) is 0.694. The molecule has 2 nitrogen and oxygen atoms in total. The molecule has 4 heteroatoms. The summed E-state index contributed by atoms with van der Waals surface area (Å²) >= 11 is 9.15. The molecule has 0 heterocycles. The second-order valence-corrected chi connectivity index (χ2v) is 6.13. The Hall–Kier alpha value is -0.540. The van der Waals surface area contributed by atoms with E-state index in [0.29, 0.717) is 17.1 Å². The van der Waals surface area contributed by atoms with Gasteiger partial charge in [0, 0.05) is 16.6 Å². The normalized spacial score (nSPS) is 11.3. The summed E-state index contributed by atoms with van der Waals surface area (Å²) in [6.07, 6.45) is 0. The van der Waals surface area contributed by atoms with Crippen molar-refractivity contribution in [3.8, 4) is 0 Å². The van der Waals surface area contributed by atoms with Crippen molar-refractivity contribution in [2.45, 2.75) is 20.8 Å². The zero-order valence-electron chi connectivity index (χ0n) is 9.60. The first-order chi connectivity index (χ1) is 7.29. The van der Waals surface area contributed by atoms with E-state index in [4.69, 9.17) is 11.6 Å². The number of hydrogen-bond acceptors (Lipinski definition) is 1. The van der Waals surface area contributed by atoms with Crippen molar-refractivity contribution in [3.05, 3.63) is 33.3 Å². The minimum absolute atomic E-state index is 0.0766. The average Bonchev–Trinajstić information content (AvgIpc) is 2.17. The van der Waals surface area contributed by atoms with Crippen LogP contribution in [0.2, 0.25) is 5.02 Å². The van der Waals surface area contributed by atoms with Gasteiger partial charge in [-0.25, -0.2) is 0 Å². The van der Waals surface area contributed by atoms with Gasteiger partial charge in [-0.1, -0.05) is 32.4 Å². The van der Waals surface area contributed by atoms with E-state index in [1.54, 1.807) is 18.2 Å². The summed E-state index contributed by atoms with van der Waals surface area (Å²) in [5.74, 6) is -0.0766. The van der Waals surface area contributed by atoms with Crippen molar-refractivity contribution in [1.29, 1.82) is 0 Å². The van der Waals surface area contributed by atoms with Crippen LogP contribution in [-0.4, -0.2) is 12.5 Å². The Balaban J connectivity index is 2.70. The number of amides is 1. The fraction of sp³-hybridized carbons (Fsp3) is 0.417. The molecule has 1 amide bonds. The monoisotopic (exact) mass is 303 g/mol. The lowest BCUT2D eigenvalue weighted by Crippen LogP contribution is -2.32. The molecular weight excluding hydrogens is 289 g/mol. The molecule has 0 aliphatic heterocycles. The number of nitrogens with one attached hydrogen (secondary N) is 1. The minimum Gasteiger partial charge on any atom is -0.352 e. The summed E-state index contributed by atoms with van der Waals surface area (Å²) in [7, 11) is 0. The third kappa shape index (κ3) is 4.14. The van der Waals surface area contributed by atoms with E-state index in [2.05, 4.69) is 42.0 Å². The van der Waals surface area contributed by atoms with Crippen LogP contribution in [0.3, 0.4) is 0 Å². The third-order valence-corrected chi connectivity index (χ3v) is 3.18. The van der Waals surface area contributed by atoms with Crippen molar-refractivity contribution in [2.24, 2.45) is 5.41 Å². The fourth-order valence-corrected chi connectivity index (χ4v) is 1.58. The summed E-state index contributed by atoms with van der Waals surface area (Å²) in [6, 6.07) is 5.14. The van der Waals surface area contributed by atoms with E-state index >= 15 is 0 Å². The van der Waals surface area contributed by atoms with Crippen molar-refractivity contribution >= 4 is 33.4 Å². The maximum atomic E-state index is 11.8. The lowest BCUT2D eigenvalue weighted by atomic mass is 9.97. The van der Waals surface area contributed by atoms with Crippen molar-refractivity contribution in [3.63, 3.8) is 0 Å². The van der Waals surface area contributed by atoms with Crippen LogP contribution in [-0.2, 0) is 0 Å². The fourth-order valence-electron chi connectivity index (χ4n) is 1.08. The molecule has 1 aromatic carbocycles. The molecule has 0 aliphatic rings. The molecule has 1 aromatic rings. The summed E-state index contributed by atoms with van der Waals surface area (Å²) < 4.78 is 0.734. The van der Waals surface area contributed by atoms with Crippen molar-refractivity contribution < 1.29 is 4.79 Å². The summed E-state index contributed by atoms with van der Waals surface area (Å²) in [5, 5.41) is 3.49. The number of hydrogen-bond donors (Lipinski definition) is 1. The molecule has 0 fully saturated rings. The molecule has 1 rings (SSSR count). The topological polar surface area (TPSA) is 29.1 Å². The van der Waals surface area contributed by atoms with E-state index in [1.165, 1.54) is 0 Å². The minimum atomic E-state index is -0.0766. The van der Waals surface area contributed by atoms with Gasteiger partial charge in [-0.05, 0) is 39.5 Å². The standard InChI is InChI=1S/C12H15BrClNO/c1-12(2,3)7-15-11(16)8-4-5-10(14)9(13)6-8/h4-6H,7H2,1-3H3,(H,15,16). The van der Waals surface area contributed by atoms with Crippen molar-refractivity contribution in [1.82, 2.24) is 5.32 Å². The summed E-state index contributed by atoms with van der Waals surface area (Å²) in [4.78, 5) is 11.8. The maximum Gasteiger partial charge on any atom is 0.251 e. The molecule has 0 saturated heterocycles. The number of carbonyl (C=O) groups is 1. The second-order valence-electron chi connectivity index (χ2n) is 4.87. The largest absolute Gasteiger partial charge is 0.352 e. The first-order valence-corrected chi connectivity index (χ1v) is 6.20. The van der Waals surface area contributed by atoms with Gasteiger partial charge in [0.2, 0.25) is 0 Å². The first-order valence-electron chi connectivity index (χ1n) is 5.03. The van der Waals surface area contributed by atoms with E-state index in [1.807, 2.05) is 0 Å². The Morgan fingerprint density at radius 1 is 1.44 bits per heavy atom. The Morgan fingerprint density at radius 2 is 2.06 bits per heavy atom. The van der Waals surface area contributed by atoms with Gasteiger partial charge in [0.05, 0.1) is 5.02 Å². The van der Waals surface area contributed by atoms with Gasteiger partial charge in [0.1, 0.15) is 0 Å². The Labute approximate surface area is 110 Å². The number of benzene rings is 1. The van der Waals surface area contributed by atoms with Crippen LogP contribution in [0.1, 0.15) is 31.1 Å². The zero-order chi connectivity index (χ0) is 12.3. The van der Waals surface area contributed by atoms with Gasteiger partial charge in [-0.3, -0.25) is 4.79 Å². The van der Waals surface area contributed by atoms with Crippen LogP contribution in [0.4, 0.5) is 0 Å². The first kappa shape index (κ1) is 13.5. The van der Waals surface area contributed by atoms with Gasteiger partial charge in [-0.15, -0.1) is 0 Å². The van der Waals surface area contributed by atoms with Crippen LogP contribution >= 0.6 is 27.5 Å². The van der Waals surface area contributed by atoms with E-state index in [9.17, 15) is 4.79 Å². The highest BCUT2D eigenvalue weighted by Crippen LogP contribution is 2.23. The Morgan fingerprint density at radius 3 is 2.56 bits per heavy atom. The van der Waals surface area contributed by atoms with E-state index in [0.717, 1.165) is 4.47 Å².